The van der Waals surface area contributed by atoms with Crippen molar-refractivity contribution in [3.05, 3.63) is 398 Å². The van der Waals surface area contributed by atoms with E-state index in [9.17, 15) is 0 Å². The van der Waals surface area contributed by atoms with Crippen LogP contribution >= 0.6 is 0 Å². The number of aliphatic imine (C=N–C) groups is 2. The summed E-state index contributed by atoms with van der Waals surface area (Å²) < 4.78 is 11.0. The number of ether oxygens (including phenoxy) is 2. The first kappa shape index (κ1) is 78.7. The van der Waals surface area contributed by atoms with Gasteiger partial charge < -0.3 is 42.1 Å². The molecule has 8 aromatic rings. The summed E-state index contributed by atoms with van der Waals surface area (Å²) in [7, 11) is 0. The van der Waals surface area contributed by atoms with E-state index in [4.69, 9.17) is 29.3 Å². The van der Waals surface area contributed by atoms with E-state index >= 15 is 0 Å². The molecule has 2 heterocycles. The number of aliphatic carboxylic acids is 2. The Labute approximate surface area is 608 Å². The Morgan fingerprint density at radius 1 is 0.362 bits per heavy atom. The molecule has 6 aliphatic rings. The average molecular weight is 1510 g/mol. The van der Waals surface area contributed by atoms with Crippen molar-refractivity contribution >= 4 is 23.7 Å². The second-order valence-electron chi connectivity index (χ2n) is 22.2. The van der Waals surface area contributed by atoms with Crippen LogP contribution in [-0.4, -0.2) is 49.0 Å². The molecular formula is C82H72Co2N2O6Pd2-4. The molecule has 0 N–H and O–H groups in total. The third kappa shape index (κ3) is 21.5. The molecule has 20 radical (unpaired) electrons. The first-order chi connectivity index (χ1) is 43.9. The van der Waals surface area contributed by atoms with E-state index in [-0.39, 0.29) is 74.4 Å². The maximum atomic E-state index is 8.89. The number of carbonyl (C=O) groups is 2. The van der Waals surface area contributed by atoms with Gasteiger partial charge in [0.05, 0.1) is 12.1 Å². The van der Waals surface area contributed by atoms with Crippen molar-refractivity contribution < 1.29 is 104 Å². The topological polar surface area (TPSA) is 123 Å². The van der Waals surface area contributed by atoms with Crippen LogP contribution < -0.4 is 10.2 Å². The van der Waals surface area contributed by atoms with E-state index in [0.717, 1.165) is 37.5 Å². The Bertz CT molecular complexity index is 2850. The van der Waals surface area contributed by atoms with Crippen molar-refractivity contribution in [1.29, 1.82) is 0 Å². The zero-order chi connectivity index (χ0) is 63.2. The molecule has 4 saturated carbocycles. The molecule has 8 aromatic carbocycles. The summed E-state index contributed by atoms with van der Waals surface area (Å²) in [5.74, 6) is 13.0. The zero-order valence-electron chi connectivity index (χ0n) is 52.9. The van der Waals surface area contributed by atoms with Crippen LogP contribution in [0.5, 0.6) is 0 Å². The van der Waals surface area contributed by atoms with E-state index in [1.807, 2.05) is 38.5 Å². The molecule has 2 aliphatic heterocycles. The second-order valence-corrected chi connectivity index (χ2v) is 22.2. The van der Waals surface area contributed by atoms with Crippen molar-refractivity contribution in [3.63, 3.8) is 0 Å². The monoisotopic (exact) mass is 1510 g/mol. The van der Waals surface area contributed by atoms with Gasteiger partial charge in [-0.3, -0.25) is 9.98 Å². The number of nitrogens with zero attached hydrogens (tertiary/aromatic N) is 2. The first-order valence-electron chi connectivity index (χ1n) is 30.3. The third-order valence-corrected chi connectivity index (χ3v) is 15.0. The van der Waals surface area contributed by atoms with E-state index in [1.165, 1.54) is 91.9 Å². The van der Waals surface area contributed by atoms with Gasteiger partial charge in [0.15, 0.2) is 11.8 Å². The van der Waals surface area contributed by atoms with Crippen LogP contribution in [0.3, 0.4) is 0 Å². The number of hydrogen-bond donors (Lipinski definition) is 0. The van der Waals surface area contributed by atoms with Gasteiger partial charge in [-0.2, -0.15) is 0 Å². The molecule has 0 saturated heterocycles. The number of hydrogen-bond acceptors (Lipinski definition) is 8. The third-order valence-electron chi connectivity index (χ3n) is 15.0. The van der Waals surface area contributed by atoms with E-state index in [0.29, 0.717) is 37.1 Å². The van der Waals surface area contributed by atoms with E-state index in [2.05, 4.69) is 293 Å². The fraction of sp³-hybridized carbons (Fsp3) is 0.146. The predicted molar refractivity (Wildman–Crippen MR) is 354 cm³/mol. The quantitative estimate of drug-likeness (QED) is 0.0886. The molecule has 4 fully saturated rings. The molecule has 0 amide bonds. The Hall–Kier alpha value is -6.02. The molecule has 8 nitrogen and oxygen atoms in total. The molecule has 94 heavy (non-hydrogen) atoms. The number of carboxylic acids is 2. The van der Waals surface area contributed by atoms with Crippen molar-refractivity contribution in [1.82, 2.24) is 0 Å². The van der Waals surface area contributed by atoms with Gasteiger partial charge in [-0.25, -0.2) is 12.8 Å². The van der Waals surface area contributed by atoms with Gasteiger partial charge >= 0.3 is 0 Å². The van der Waals surface area contributed by atoms with Crippen LogP contribution in [0.2, 0.25) is 0 Å². The summed E-state index contributed by atoms with van der Waals surface area (Å²) in [5.41, 5.74) is 10.1. The molecule has 488 valence electrons. The number of benzene rings is 8. The largest absolute Gasteiger partial charge is 0.550 e. The minimum atomic E-state index is -1.08. The van der Waals surface area contributed by atoms with Crippen molar-refractivity contribution in [3.8, 4) is 0 Å². The van der Waals surface area contributed by atoms with Gasteiger partial charge in [0, 0.05) is 134 Å². The normalized spacial score (nSPS) is 18.2. The summed E-state index contributed by atoms with van der Waals surface area (Å²) in [4.78, 5) is 26.8. The summed E-state index contributed by atoms with van der Waals surface area (Å²) in [5, 5.41) is 17.8. The fourth-order valence-electron chi connectivity index (χ4n) is 10.7. The van der Waals surface area contributed by atoms with Crippen LogP contribution in [0, 0.1) is 122 Å². The van der Waals surface area contributed by atoms with E-state index < -0.39 is 11.9 Å². The smallest absolute Gasteiger partial charge is 0.156 e. The van der Waals surface area contributed by atoms with Gasteiger partial charge in [-0.1, -0.05) is 296 Å². The summed E-state index contributed by atoms with van der Waals surface area (Å²) in [6.07, 6.45) is 17.8. The maximum Gasteiger partial charge on any atom is 0.156 e. The number of carboxylic acid groups (broad SMARTS) is 2. The van der Waals surface area contributed by atoms with Gasteiger partial charge in [0.25, 0.3) is 0 Å². The number of rotatable bonds is 12. The Morgan fingerprint density at radius 2 is 0.532 bits per heavy atom. The summed E-state index contributed by atoms with van der Waals surface area (Å²) >= 11 is 0. The fourth-order valence-corrected chi connectivity index (χ4v) is 10.7. The molecule has 2 atom stereocenters. The minimum absolute atomic E-state index is 0. The van der Waals surface area contributed by atoms with Gasteiger partial charge in [-0.05, 0) is 70.2 Å². The Kier molecular flexibility index (Phi) is 33.9. The van der Waals surface area contributed by atoms with Gasteiger partial charge in [0.2, 0.25) is 0 Å². The van der Waals surface area contributed by atoms with Crippen LogP contribution in [-0.2, 0) is 93.5 Å². The molecule has 0 spiro atoms. The Morgan fingerprint density at radius 3 is 0.660 bits per heavy atom. The van der Waals surface area contributed by atoms with Gasteiger partial charge in [0.1, 0.15) is 13.2 Å². The Balaban J connectivity index is 0.000000226. The molecule has 12 heteroatoms. The summed E-state index contributed by atoms with van der Waals surface area (Å²) in [6.45, 7) is 12.0. The molecule has 0 aromatic heterocycles. The van der Waals surface area contributed by atoms with Crippen molar-refractivity contribution in [2.45, 2.75) is 53.6 Å². The van der Waals surface area contributed by atoms with Crippen LogP contribution in [0.1, 0.15) is 86.1 Å². The minimum Gasteiger partial charge on any atom is -0.550 e. The molecule has 2 unspecified atom stereocenters. The molecular weight excluding hydrogens is 1440 g/mol. The standard InChI is InChI=1S/2C28H20.2C11H13NO.2C2H4O2.2Co.2Pd/c2*1-5-13-21(14-6-1)25-26(22-15-7-2-8-16-22)28(24-19-11-4-12-20-24)27(25)23-17-9-3-10-18-23;2*1-8(2)10-7-13-11(12-10)9-5-3-4-6-9;2*1-2(3)4;;;;/h2*1-20H;2*3-5,8,10H,7H2,1-2H3;2*1H3,(H,3,4);;;;/q;;2*-1;;;;;;/p-2. The maximum absolute atomic E-state index is 8.89. The number of carbonyl (C=O) groups excluding carboxylic acids is 2. The van der Waals surface area contributed by atoms with Crippen molar-refractivity contribution in [2.75, 3.05) is 13.2 Å². The van der Waals surface area contributed by atoms with Crippen molar-refractivity contribution in [2.24, 2.45) is 21.8 Å². The average Bonchev–Trinajstić information content (AvgIpc) is 0.885. The zero-order valence-corrected chi connectivity index (χ0v) is 58.1. The van der Waals surface area contributed by atoms with Crippen LogP contribution in [0.4, 0.5) is 0 Å². The van der Waals surface area contributed by atoms with Gasteiger partial charge in [-0.15, -0.1) is 11.8 Å². The predicted octanol–water partition coefficient (Wildman–Crippen LogP) is 13.9. The van der Waals surface area contributed by atoms with Crippen LogP contribution in [0.25, 0.3) is 0 Å². The molecule has 14 rings (SSSR count). The second kappa shape index (κ2) is 40.5. The summed E-state index contributed by atoms with van der Waals surface area (Å²) in [6, 6.07) is 86.5. The molecule has 4 aliphatic carbocycles. The first-order valence-corrected chi connectivity index (χ1v) is 30.3. The molecule has 0 bridgehead atoms. The SMILES string of the molecule is CC(=O)[O-].CC(=O)[O-].CC(C)C1COC([C]2[C-][CH][CH][CH]2)=N1.CC(C)C1COC([C]2[C-][CH][CH][CH]2)=N1.[Co].[Co].[Pd].[Pd].c1ccc([C]2[C](c3ccccc3)[C](c3ccccc3)[C]2c2ccccc2)cc1.c1ccc([C]2[C](c3ccccc3)[C](c3ccccc3)[C]2c2ccccc2)cc1. The van der Waals surface area contributed by atoms with E-state index in [1.54, 1.807) is 0 Å². The van der Waals surface area contributed by atoms with Crippen LogP contribution in [0.15, 0.2) is 253 Å².